The van der Waals surface area contributed by atoms with Crippen LogP contribution in [-0.4, -0.2) is 197 Å². The number of phenolic OH excluding ortho intramolecular Hbond substituents is 1. The van der Waals surface area contributed by atoms with Crippen molar-refractivity contribution >= 4 is 58.5 Å². The number of aromatic hydroxyl groups is 1. The van der Waals surface area contributed by atoms with E-state index in [1.807, 2.05) is 6.92 Å². The van der Waals surface area contributed by atoms with Crippen LogP contribution in [-0.2, 0) is 77.8 Å². The molecule has 0 spiro atoms. The molecule has 1 unspecified atom stereocenters. The Hall–Kier alpha value is -5.70. The first kappa shape index (κ1) is 78.5. The summed E-state index contributed by atoms with van der Waals surface area (Å²) < 4.78 is 79.1. The summed E-state index contributed by atoms with van der Waals surface area (Å²) in [6.07, 6.45) is 5.20. The van der Waals surface area contributed by atoms with E-state index in [1.165, 1.54) is 7.11 Å². The molecular weight excluding hydrogens is 1230 g/mol. The average molecular weight is 1330 g/mol. The number of hydrogen-bond acceptors (Lipinski definition) is 23. The van der Waals surface area contributed by atoms with Crippen molar-refractivity contribution in [2.45, 2.75) is 146 Å². The van der Waals surface area contributed by atoms with Crippen LogP contribution in [0, 0.1) is 13.8 Å². The van der Waals surface area contributed by atoms with E-state index in [1.54, 1.807) is 81.6 Å². The van der Waals surface area contributed by atoms with E-state index in [4.69, 9.17) is 58.2 Å². The lowest BCUT2D eigenvalue weighted by Crippen LogP contribution is -2.38. The smallest absolute Gasteiger partial charge is 0.344 e. The number of methoxy groups -OCH3 is 2. The second-order valence-electron chi connectivity index (χ2n) is 23.9. The maximum absolute atomic E-state index is 13.8. The minimum Gasteiger partial charge on any atom is -0.507 e. The van der Waals surface area contributed by atoms with E-state index in [0.717, 1.165) is 76.1 Å². The maximum atomic E-state index is 13.8. The number of fused-ring (bicyclic) bond motifs is 2. The summed E-state index contributed by atoms with van der Waals surface area (Å²) in [6.45, 7) is 33.8. The van der Waals surface area contributed by atoms with E-state index in [0.29, 0.717) is 107 Å². The summed E-state index contributed by atoms with van der Waals surface area (Å²) >= 11 is 0. The maximum Gasteiger partial charge on any atom is 0.344 e. The molecule has 4 heterocycles. The Morgan fingerprint density at radius 3 is 1.62 bits per heavy atom. The first-order valence-electron chi connectivity index (χ1n) is 30.1. The molecule has 0 amide bonds. The minimum atomic E-state index is -4.14. The van der Waals surface area contributed by atoms with Gasteiger partial charge < -0.3 is 73.1 Å². The third-order valence-corrected chi connectivity index (χ3v) is 18.9. The zero-order valence-corrected chi connectivity index (χ0v) is 58.2. The summed E-state index contributed by atoms with van der Waals surface area (Å²) in [4.78, 5) is 71.2. The Bertz CT molecular complexity index is 2940. The highest BCUT2D eigenvalue weighted by Crippen LogP contribution is 2.47. The van der Waals surface area contributed by atoms with E-state index in [9.17, 15) is 43.2 Å². The lowest BCUT2D eigenvalue weighted by Gasteiger charge is -2.26. The second kappa shape index (κ2) is 38.3. The van der Waals surface area contributed by atoms with Gasteiger partial charge in [0, 0.05) is 69.6 Å². The molecule has 7 N–H and O–H groups in total. The number of phenols is 1. The third-order valence-electron chi connectivity index (χ3n) is 14.2. The number of rotatable bonds is 28. The molecular formula is C61H100N6O20P2Si. The predicted octanol–water partition coefficient (Wildman–Crippen LogP) is 8.23. The Morgan fingerprint density at radius 2 is 1.17 bits per heavy atom. The van der Waals surface area contributed by atoms with Crippen molar-refractivity contribution < 1.29 is 95.7 Å². The molecule has 0 bridgehead atoms. The highest BCUT2D eigenvalue weighted by molar-refractivity contribution is 7.57. The molecule has 508 valence electrons. The standard InChI is InChI=1S/C28H42N3O9P.C20H31O7PSi.C10H20N2O3.C3H7NO/c1-18(2)29-40-41(35,30-21(5)27(33)38-13-7-10-31-11-14-37-15-12-31)17-19(3)8-9-22-25(32)24-23(16-39-28(24)34)20(4)26(22)36-6;1-13(12-28(22,23)24)7-8-15-18(25-3)14(2)16-11-27-20(21)17(16)19(15)26-9-10-29(4,5)6;1-9(11)10(13)15-6-2-3-12-4-7-14-8-5-12;1-3(2)4-5/h8,21,32H,7,9-17H2,1-6H3,(H,30,35);7H,8-12H2,1-6H3,(H2,22,23,24);9H,2-8,11H2,1H3;5H,1-2H3/b19-8+;13-7+;;/t21-,41?;;9-;/m0.0./s1. The van der Waals surface area contributed by atoms with Gasteiger partial charge in [-0.25, -0.2) is 14.7 Å². The van der Waals surface area contributed by atoms with Crippen LogP contribution in [0.1, 0.15) is 122 Å². The van der Waals surface area contributed by atoms with Crippen molar-refractivity contribution in [1.82, 2.24) is 14.9 Å². The molecule has 0 aliphatic carbocycles. The number of cyclic esters (lactones) is 2. The number of hydrogen-bond donors (Lipinski definition) is 6. The number of benzene rings is 2. The minimum absolute atomic E-state index is 0.0620. The van der Waals surface area contributed by atoms with Gasteiger partial charge in [0.05, 0.1) is 84.2 Å². The molecule has 29 heteroatoms. The number of allylic oxidation sites excluding steroid dienone is 4. The Kier molecular flexibility index (Phi) is 33.5. The summed E-state index contributed by atoms with van der Waals surface area (Å²) in [6, 6.07) is -0.494. The van der Waals surface area contributed by atoms with Gasteiger partial charge in [-0.2, -0.15) is 0 Å². The molecule has 3 atom stereocenters. The molecule has 4 aliphatic rings. The number of nitrogens with zero attached hydrogens (tertiary/aromatic N) is 4. The fraction of sp³-hybridized carbons (Fsp3) is 0.639. The van der Waals surface area contributed by atoms with Crippen LogP contribution in [0.2, 0.25) is 25.7 Å². The van der Waals surface area contributed by atoms with Crippen LogP contribution in [0.3, 0.4) is 0 Å². The molecule has 0 aromatic heterocycles. The topological polar surface area (TPSA) is 345 Å². The van der Waals surface area contributed by atoms with Gasteiger partial charge in [-0.05, 0) is 112 Å². The zero-order valence-electron chi connectivity index (χ0n) is 55.4. The van der Waals surface area contributed by atoms with E-state index in [2.05, 4.69) is 44.8 Å². The summed E-state index contributed by atoms with van der Waals surface area (Å²) in [5.41, 5.74) is 12.4. The number of esters is 4. The van der Waals surface area contributed by atoms with Crippen molar-refractivity contribution in [2.24, 2.45) is 16.0 Å². The van der Waals surface area contributed by atoms with Crippen molar-refractivity contribution in [3.05, 3.63) is 67.8 Å². The first-order chi connectivity index (χ1) is 42.3. The average Bonchev–Trinajstić information content (AvgIpc) is 1.55. The van der Waals surface area contributed by atoms with Gasteiger partial charge in [-0.15, -0.1) is 0 Å². The van der Waals surface area contributed by atoms with Crippen LogP contribution < -0.4 is 25.0 Å². The van der Waals surface area contributed by atoms with Crippen molar-refractivity contribution in [1.29, 1.82) is 0 Å². The van der Waals surface area contributed by atoms with E-state index >= 15 is 0 Å². The number of nitrogens with one attached hydrogen (secondary N) is 1. The van der Waals surface area contributed by atoms with E-state index in [-0.39, 0.29) is 55.8 Å². The first-order valence-corrected chi connectivity index (χ1v) is 37.5. The Labute approximate surface area is 531 Å². The van der Waals surface area contributed by atoms with Crippen LogP contribution in [0.4, 0.5) is 0 Å². The highest BCUT2D eigenvalue weighted by Gasteiger charge is 2.36. The molecule has 0 saturated carbocycles. The monoisotopic (exact) mass is 1330 g/mol. The normalized spacial score (nSPS) is 16.5. The van der Waals surface area contributed by atoms with Crippen LogP contribution in [0.15, 0.2) is 33.6 Å². The SMILES string of the molecule is CC(C)=NO.COc1c(C)c2c(c(O)c1C/C=C(\C)CP(=O)(N[C@@H](C)C(=O)OCCCN1CCOCC1)ON=C(C)C)C(=O)OC2.COc1c(C)c2c(c(OCC[Si](C)(C)C)c1C/C=C(\C)CP(=O)(O)O)C(=O)OC2.C[C@H](N)C(=O)OCCCN1CCOCC1. The zero-order chi connectivity index (χ0) is 67.5. The number of carbonyl (C=O) groups excluding carboxylic acids is 4. The Balaban J connectivity index is 0.000000372. The van der Waals surface area contributed by atoms with E-state index < -0.39 is 53.2 Å². The van der Waals surface area contributed by atoms with Crippen LogP contribution >= 0.6 is 15.1 Å². The predicted molar refractivity (Wildman–Crippen MR) is 346 cm³/mol. The van der Waals surface area contributed by atoms with Crippen molar-refractivity contribution in [3.63, 3.8) is 0 Å². The molecule has 6 rings (SSSR count). The molecule has 4 aliphatic heterocycles. The number of nitrogens with two attached hydrogens (primary N) is 1. The second-order valence-corrected chi connectivity index (χ2v) is 33.2. The number of oxime groups is 2. The van der Waals surface area contributed by atoms with Gasteiger partial charge in [0.15, 0.2) is 0 Å². The van der Waals surface area contributed by atoms with Crippen LogP contribution in [0.25, 0.3) is 0 Å². The summed E-state index contributed by atoms with van der Waals surface area (Å²) in [5, 5.41) is 28.1. The molecule has 26 nitrogen and oxygen atoms in total. The molecule has 2 saturated heterocycles. The fourth-order valence-electron chi connectivity index (χ4n) is 9.41. The Morgan fingerprint density at radius 1 is 0.711 bits per heavy atom. The van der Waals surface area contributed by atoms with Gasteiger partial charge in [0.2, 0.25) is 0 Å². The van der Waals surface area contributed by atoms with Gasteiger partial charge in [-0.3, -0.25) is 28.5 Å². The van der Waals surface area contributed by atoms with Gasteiger partial charge in [-0.1, -0.05) is 53.3 Å². The lowest BCUT2D eigenvalue weighted by atomic mass is 9.95. The number of carbonyl (C=O) groups is 4. The number of ether oxygens (including phenoxy) is 9. The highest BCUT2D eigenvalue weighted by atomic mass is 31.2. The molecule has 2 fully saturated rings. The van der Waals surface area contributed by atoms with Crippen LogP contribution in [0.5, 0.6) is 23.0 Å². The van der Waals surface area contributed by atoms with Crippen molar-refractivity contribution in [2.75, 3.05) is 112 Å². The van der Waals surface area contributed by atoms with Gasteiger partial charge in [0.25, 0.3) is 0 Å². The molecule has 2 aromatic rings. The number of morpholine rings is 2. The van der Waals surface area contributed by atoms with Gasteiger partial charge in [0.1, 0.15) is 59.4 Å². The molecule has 0 radical (unpaired) electrons. The third kappa shape index (κ3) is 26.9. The van der Waals surface area contributed by atoms with Gasteiger partial charge >= 0.3 is 39.0 Å². The summed E-state index contributed by atoms with van der Waals surface area (Å²) in [5.74, 6) is -0.511. The quantitative estimate of drug-likeness (QED) is 0.00537. The lowest BCUT2D eigenvalue weighted by molar-refractivity contribution is -0.146. The van der Waals surface area contributed by atoms with Crippen molar-refractivity contribution in [3.8, 4) is 23.0 Å². The molecule has 2 aromatic carbocycles. The largest absolute Gasteiger partial charge is 0.507 e. The fourth-order valence-corrected chi connectivity index (χ4v) is 12.9. The summed E-state index contributed by atoms with van der Waals surface area (Å²) in [7, 11) is -6.11. The molecule has 90 heavy (non-hydrogen) atoms.